The molecule has 0 spiro atoms. The number of nitrogens with zero attached hydrogens (tertiary/aromatic N) is 2. The highest BCUT2D eigenvalue weighted by atomic mass is 32.2. The van der Waals surface area contributed by atoms with Gasteiger partial charge < -0.3 is 24.4 Å². The van der Waals surface area contributed by atoms with Crippen LogP contribution in [-0.2, 0) is 26.2 Å². The lowest BCUT2D eigenvalue weighted by Gasteiger charge is -2.33. The van der Waals surface area contributed by atoms with Crippen molar-refractivity contribution < 1.29 is 32.2 Å². The molecule has 0 aliphatic carbocycles. The van der Waals surface area contributed by atoms with Crippen LogP contribution in [0, 0.1) is 13.8 Å². The van der Waals surface area contributed by atoms with Crippen molar-refractivity contribution in [1.29, 1.82) is 0 Å². The topological polar surface area (TPSA) is 114 Å². The van der Waals surface area contributed by atoms with Crippen molar-refractivity contribution in [2.24, 2.45) is 0 Å². The van der Waals surface area contributed by atoms with Crippen molar-refractivity contribution in [1.82, 2.24) is 10.2 Å². The number of aryl methyl sites for hydroxylation is 2. The number of ether oxygens (including phenoxy) is 3. The van der Waals surface area contributed by atoms with E-state index in [-0.39, 0.29) is 23.1 Å². The van der Waals surface area contributed by atoms with Gasteiger partial charge in [-0.1, -0.05) is 32.0 Å². The minimum atomic E-state index is -4.29. The summed E-state index contributed by atoms with van der Waals surface area (Å²) in [6.45, 7) is 7.52. The van der Waals surface area contributed by atoms with Crippen molar-refractivity contribution in [2.45, 2.75) is 58.0 Å². The van der Waals surface area contributed by atoms with Gasteiger partial charge >= 0.3 is 0 Å². The number of anilines is 1. The summed E-state index contributed by atoms with van der Waals surface area (Å²) in [6, 6.07) is 16.0. The summed E-state index contributed by atoms with van der Waals surface area (Å²) in [4.78, 5) is 28.9. The molecule has 11 heteroatoms. The van der Waals surface area contributed by atoms with Crippen LogP contribution in [0.3, 0.4) is 0 Å². The van der Waals surface area contributed by atoms with Crippen LogP contribution in [0.4, 0.5) is 5.69 Å². The number of methoxy groups -OCH3 is 3. The molecule has 1 atom stereocenters. The first-order chi connectivity index (χ1) is 21.0. The van der Waals surface area contributed by atoms with E-state index in [0.29, 0.717) is 30.2 Å². The lowest BCUT2D eigenvalue weighted by Crippen LogP contribution is -2.52. The Bertz CT molecular complexity index is 1520. The maximum Gasteiger partial charge on any atom is 0.264 e. The Labute approximate surface area is 261 Å². The van der Waals surface area contributed by atoms with Crippen molar-refractivity contribution in [3.05, 3.63) is 77.4 Å². The second-order valence-electron chi connectivity index (χ2n) is 10.5. The second-order valence-corrected chi connectivity index (χ2v) is 12.3. The SMILES string of the molecule is CCCNC(=O)C(CC)N(Cc1ccc(OC)cc1)C(=O)CN(c1cc(C)cc(C)c1)S(=O)(=O)c1ccc(OC)c(OC)c1. The molecule has 3 aromatic rings. The summed E-state index contributed by atoms with van der Waals surface area (Å²) < 4.78 is 45.6. The fraction of sp³-hybridized carbons (Fsp3) is 0.394. The number of carbonyl (C=O) groups excluding carboxylic acids is 2. The van der Waals surface area contributed by atoms with Gasteiger partial charge in [-0.15, -0.1) is 0 Å². The average Bonchev–Trinajstić information content (AvgIpc) is 3.01. The number of rotatable bonds is 15. The van der Waals surface area contributed by atoms with Gasteiger partial charge in [0.05, 0.1) is 31.9 Å². The number of carbonyl (C=O) groups is 2. The Morgan fingerprint density at radius 3 is 2.02 bits per heavy atom. The first-order valence-corrected chi connectivity index (χ1v) is 16.0. The minimum Gasteiger partial charge on any atom is -0.497 e. The normalized spacial score (nSPS) is 11.8. The molecule has 0 saturated carbocycles. The van der Waals surface area contributed by atoms with E-state index in [1.807, 2.05) is 45.9 Å². The van der Waals surface area contributed by atoms with E-state index in [4.69, 9.17) is 14.2 Å². The average molecular weight is 626 g/mol. The van der Waals surface area contributed by atoms with Gasteiger partial charge in [-0.25, -0.2) is 8.42 Å². The maximum absolute atomic E-state index is 14.3. The van der Waals surface area contributed by atoms with E-state index in [0.717, 1.165) is 27.4 Å². The molecule has 0 fully saturated rings. The van der Waals surface area contributed by atoms with Crippen LogP contribution in [0.25, 0.3) is 0 Å². The van der Waals surface area contributed by atoms with Crippen LogP contribution >= 0.6 is 0 Å². The molecule has 238 valence electrons. The van der Waals surface area contributed by atoms with Crippen LogP contribution in [0.2, 0.25) is 0 Å². The third kappa shape index (κ3) is 8.22. The van der Waals surface area contributed by atoms with E-state index < -0.39 is 28.5 Å². The van der Waals surface area contributed by atoms with Crippen LogP contribution in [-0.4, -0.2) is 65.6 Å². The Morgan fingerprint density at radius 1 is 0.841 bits per heavy atom. The van der Waals surface area contributed by atoms with Gasteiger partial charge in [-0.2, -0.15) is 0 Å². The Hall–Kier alpha value is -4.25. The van der Waals surface area contributed by atoms with Gasteiger partial charge in [0, 0.05) is 19.2 Å². The standard InChI is InChI=1S/C33H43N3O7S/c1-8-16-34-33(38)29(9-2)35(21-25-10-12-27(41-5)13-11-25)32(37)22-36(26-18-23(3)17-24(4)19-26)44(39,40)28-14-15-30(42-6)31(20-28)43-7/h10-15,17-20,29H,8-9,16,21-22H2,1-7H3,(H,34,38). The summed E-state index contributed by atoms with van der Waals surface area (Å²) in [5.74, 6) is 0.441. The zero-order valence-corrected chi connectivity index (χ0v) is 27.4. The molecule has 0 aliphatic heterocycles. The predicted octanol–water partition coefficient (Wildman–Crippen LogP) is 4.86. The number of benzene rings is 3. The largest absolute Gasteiger partial charge is 0.497 e. The van der Waals surface area contributed by atoms with Crippen molar-refractivity contribution >= 4 is 27.5 Å². The number of sulfonamides is 1. The third-order valence-electron chi connectivity index (χ3n) is 7.16. The van der Waals surface area contributed by atoms with Gasteiger partial charge in [-0.3, -0.25) is 13.9 Å². The molecule has 10 nitrogen and oxygen atoms in total. The minimum absolute atomic E-state index is 0.0726. The summed E-state index contributed by atoms with van der Waals surface area (Å²) in [5, 5.41) is 2.89. The van der Waals surface area contributed by atoms with E-state index in [9.17, 15) is 18.0 Å². The fourth-order valence-corrected chi connectivity index (χ4v) is 6.35. The number of nitrogens with one attached hydrogen (secondary N) is 1. The molecule has 1 N–H and O–H groups in total. The van der Waals surface area contributed by atoms with E-state index in [2.05, 4.69) is 5.32 Å². The van der Waals surface area contributed by atoms with Crippen molar-refractivity contribution in [3.63, 3.8) is 0 Å². The van der Waals surface area contributed by atoms with Crippen LogP contribution < -0.4 is 23.8 Å². The molecule has 0 bridgehead atoms. The quantitative estimate of drug-likeness (QED) is 0.257. The van der Waals surface area contributed by atoms with E-state index in [1.54, 1.807) is 31.4 Å². The van der Waals surface area contributed by atoms with Gasteiger partial charge in [0.1, 0.15) is 18.3 Å². The third-order valence-corrected chi connectivity index (χ3v) is 8.93. The van der Waals surface area contributed by atoms with Gasteiger partial charge in [0.2, 0.25) is 11.8 Å². The summed E-state index contributed by atoms with van der Waals surface area (Å²) in [6.07, 6.45) is 1.07. The molecule has 3 rings (SSSR count). The smallest absolute Gasteiger partial charge is 0.264 e. The highest BCUT2D eigenvalue weighted by molar-refractivity contribution is 7.92. The first kappa shape index (κ1) is 34.2. The molecule has 2 amide bonds. The molecule has 0 heterocycles. The highest BCUT2D eigenvalue weighted by Gasteiger charge is 2.34. The van der Waals surface area contributed by atoms with Crippen molar-refractivity contribution in [3.8, 4) is 17.2 Å². The Morgan fingerprint density at radius 2 is 1.48 bits per heavy atom. The van der Waals surface area contributed by atoms with Gasteiger partial charge in [0.15, 0.2) is 11.5 Å². The van der Waals surface area contributed by atoms with Crippen LogP contribution in [0.15, 0.2) is 65.6 Å². The lowest BCUT2D eigenvalue weighted by molar-refractivity contribution is -0.140. The molecule has 0 radical (unpaired) electrons. The number of hydrogen-bond acceptors (Lipinski definition) is 7. The summed E-state index contributed by atoms with van der Waals surface area (Å²) in [5.41, 5.74) is 2.76. The Balaban J connectivity index is 2.12. The van der Waals surface area contributed by atoms with Crippen molar-refractivity contribution in [2.75, 3.05) is 38.7 Å². The zero-order valence-electron chi connectivity index (χ0n) is 26.5. The molecule has 0 aromatic heterocycles. The molecule has 0 aliphatic rings. The lowest BCUT2D eigenvalue weighted by atomic mass is 10.1. The molecule has 3 aromatic carbocycles. The molecule has 0 saturated heterocycles. The van der Waals surface area contributed by atoms with Crippen LogP contribution in [0.1, 0.15) is 43.4 Å². The number of amides is 2. The summed E-state index contributed by atoms with van der Waals surface area (Å²) >= 11 is 0. The molecular formula is C33H43N3O7S. The highest BCUT2D eigenvalue weighted by Crippen LogP contribution is 2.33. The molecule has 44 heavy (non-hydrogen) atoms. The summed E-state index contributed by atoms with van der Waals surface area (Å²) in [7, 11) is 0.161. The monoisotopic (exact) mass is 625 g/mol. The van der Waals surface area contributed by atoms with Gasteiger partial charge in [0.25, 0.3) is 10.0 Å². The number of hydrogen-bond donors (Lipinski definition) is 1. The van der Waals surface area contributed by atoms with Gasteiger partial charge in [-0.05, 0) is 79.8 Å². The first-order valence-electron chi connectivity index (χ1n) is 14.5. The van der Waals surface area contributed by atoms with Crippen LogP contribution in [0.5, 0.6) is 17.2 Å². The molecular weight excluding hydrogens is 582 g/mol. The predicted molar refractivity (Wildman–Crippen MR) is 171 cm³/mol. The fourth-order valence-electron chi connectivity index (χ4n) is 4.94. The zero-order chi connectivity index (χ0) is 32.4. The van der Waals surface area contributed by atoms with E-state index >= 15 is 0 Å². The maximum atomic E-state index is 14.3. The molecule has 1 unspecified atom stereocenters. The Kier molecular flexibility index (Phi) is 12.0. The van der Waals surface area contributed by atoms with E-state index in [1.165, 1.54) is 37.3 Å². The second kappa shape index (κ2) is 15.5.